The van der Waals surface area contributed by atoms with Crippen LogP contribution in [0.2, 0.25) is 0 Å². The smallest absolute Gasteiger partial charge is 0.236 e. The van der Waals surface area contributed by atoms with Crippen LogP contribution in [0.5, 0.6) is 0 Å². The SMILES string of the molecule is Cc1cc(N2CCC(NC(=O)[C@@H](C)N)CC2)nc(C)n1.Cl.Cl. The number of hydrogen-bond donors (Lipinski definition) is 2. The van der Waals surface area contributed by atoms with Gasteiger partial charge in [0.25, 0.3) is 0 Å². The first-order chi connectivity index (χ1) is 9.45. The van der Waals surface area contributed by atoms with E-state index in [1.165, 1.54) is 0 Å². The van der Waals surface area contributed by atoms with Gasteiger partial charge >= 0.3 is 0 Å². The summed E-state index contributed by atoms with van der Waals surface area (Å²) in [6.45, 7) is 7.37. The van der Waals surface area contributed by atoms with E-state index < -0.39 is 6.04 Å². The number of nitrogens with one attached hydrogen (secondary N) is 1. The summed E-state index contributed by atoms with van der Waals surface area (Å²) in [5.74, 6) is 1.71. The Morgan fingerprint density at radius 3 is 2.41 bits per heavy atom. The molecule has 1 saturated heterocycles. The maximum absolute atomic E-state index is 11.6. The van der Waals surface area contributed by atoms with Crippen LogP contribution in [-0.2, 0) is 4.79 Å². The molecule has 6 nitrogen and oxygen atoms in total. The third-order valence-corrected chi connectivity index (χ3v) is 3.53. The normalized spacial score (nSPS) is 16.3. The van der Waals surface area contributed by atoms with Crippen LogP contribution in [0.25, 0.3) is 0 Å². The molecule has 2 rings (SSSR count). The largest absolute Gasteiger partial charge is 0.356 e. The van der Waals surface area contributed by atoms with Crippen LogP contribution >= 0.6 is 24.8 Å². The van der Waals surface area contributed by atoms with Crippen molar-refractivity contribution in [2.24, 2.45) is 5.73 Å². The van der Waals surface area contributed by atoms with E-state index in [1.807, 2.05) is 19.9 Å². The number of carbonyl (C=O) groups excluding carboxylic acids is 1. The van der Waals surface area contributed by atoms with E-state index >= 15 is 0 Å². The molecule has 1 aromatic rings. The highest BCUT2D eigenvalue weighted by atomic mass is 35.5. The number of halogens is 2. The highest BCUT2D eigenvalue weighted by molar-refractivity contribution is 5.85. The van der Waals surface area contributed by atoms with Gasteiger partial charge in [-0.05, 0) is 33.6 Å². The predicted octanol–water partition coefficient (Wildman–Crippen LogP) is 1.37. The summed E-state index contributed by atoms with van der Waals surface area (Å²) in [7, 11) is 0. The minimum Gasteiger partial charge on any atom is -0.356 e. The summed E-state index contributed by atoms with van der Waals surface area (Å²) in [6, 6.07) is 1.78. The first-order valence-electron chi connectivity index (χ1n) is 7.09. The highest BCUT2D eigenvalue weighted by Crippen LogP contribution is 2.18. The number of nitrogens with two attached hydrogens (primary N) is 1. The molecular weight excluding hydrogens is 325 g/mol. The Balaban J connectivity index is 0.00000220. The van der Waals surface area contributed by atoms with Crippen molar-refractivity contribution < 1.29 is 4.79 Å². The van der Waals surface area contributed by atoms with Crippen molar-refractivity contribution >= 4 is 36.5 Å². The predicted molar refractivity (Wildman–Crippen MR) is 93.0 cm³/mol. The number of rotatable bonds is 3. The van der Waals surface area contributed by atoms with Gasteiger partial charge in [-0.3, -0.25) is 4.79 Å². The number of piperidine rings is 1. The van der Waals surface area contributed by atoms with E-state index in [-0.39, 0.29) is 36.8 Å². The standard InChI is InChI=1S/C14H23N5O.2ClH/c1-9-8-13(17-11(3)16-9)19-6-4-12(5-7-19)18-14(20)10(2)15;;/h8,10,12H,4-7,15H2,1-3H3,(H,18,20);2*1H/t10-;;/m1../s1. The minimum atomic E-state index is -0.444. The van der Waals surface area contributed by atoms with Crippen LogP contribution in [0.3, 0.4) is 0 Å². The van der Waals surface area contributed by atoms with E-state index in [0.29, 0.717) is 0 Å². The number of carbonyl (C=O) groups is 1. The van der Waals surface area contributed by atoms with E-state index in [1.54, 1.807) is 6.92 Å². The second-order valence-electron chi connectivity index (χ2n) is 5.47. The molecule has 0 aliphatic carbocycles. The average molecular weight is 350 g/mol. The molecule has 1 atom stereocenters. The second kappa shape index (κ2) is 9.12. The topological polar surface area (TPSA) is 84.1 Å². The maximum atomic E-state index is 11.6. The van der Waals surface area contributed by atoms with Crippen molar-refractivity contribution in [3.63, 3.8) is 0 Å². The fraction of sp³-hybridized carbons (Fsp3) is 0.643. The fourth-order valence-electron chi connectivity index (χ4n) is 2.44. The summed E-state index contributed by atoms with van der Waals surface area (Å²) in [6.07, 6.45) is 1.83. The summed E-state index contributed by atoms with van der Waals surface area (Å²) in [4.78, 5) is 22.6. The average Bonchev–Trinajstić information content (AvgIpc) is 2.38. The Labute approximate surface area is 144 Å². The third-order valence-electron chi connectivity index (χ3n) is 3.53. The molecule has 0 radical (unpaired) electrons. The number of hydrogen-bond acceptors (Lipinski definition) is 5. The van der Waals surface area contributed by atoms with Crippen molar-refractivity contribution in [1.29, 1.82) is 0 Å². The zero-order valence-electron chi connectivity index (χ0n) is 13.2. The lowest BCUT2D eigenvalue weighted by molar-refractivity contribution is -0.122. The van der Waals surface area contributed by atoms with E-state index in [4.69, 9.17) is 5.73 Å². The Bertz CT molecular complexity index is 470. The number of anilines is 1. The van der Waals surface area contributed by atoms with Gasteiger partial charge in [-0.1, -0.05) is 0 Å². The van der Waals surface area contributed by atoms with E-state index in [0.717, 1.165) is 43.3 Å². The van der Waals surface area contributed by atoms with E-state index in [9.17, 15) is 4.79 Å². The maximum Gasteiger partial charge on any atom is 0.236 e. The molecule has 1 amide bonds. The number of nitrogens with zero attached hydrogens (tertiary/aromatic N) is 3. The molecule has 3 N–H and O–H groups in total. The van der Waals surface area contributed by atoms with Crippen molar-refractivity contribution in [2.45, 2.75) is 45.7 Å². The van der Waals surface area contributed by atoms with Gasteiger partial charge in [0.2, 0.25) is 5.91 Å². The Morgan fingerprint density at radius 2 is 1.91 bits per heavy atom. The van der Waals surface area contributed by atoms with Gasteiger partial charge in [0.1, 0.15) is 11.6 Å². The molecule has 1 fully saturated rings. The number of aromatic nitrogens is 2. The van der Waals surface area contributed by atoms with Gasteiger partial charge in [0.05, 0.1) is 6.04 Å². The first kappa shape index (κ1) is 20.9. The lowest BCUT2D eigenvalue weighted by Crippen LogP contribution is -2.49. The van der Waals surface area contributed by atoms with Crippen molar-refractivity contribution in [3.05, 3.63) is 17.6 Å². The van der Waals surface area contributed by atoms with Crippen LogP contribution in [0, 0.1) is 13.8 Å². The molecule has 2 heterocycles. The van der Waals surface area contributed by atoms with Crippen molar-refractivity contribution in [2.75, 3.05) is 18.0 Å². The molecule has 8 heteroatoms. The van der Waals surface area contributed by atoms with Crippen molar-refractivity contribution in [1.82, 2.24) is 15.3 Å². The monoisotopic (exact) mass is 349 g/mol. The van der Waals surface area contributed by atoms with Crippen LogP contribution in [-0.4, -0.2) is 41.0 Å². The summed E-state index contributed by atoms with van der Waals surface area (Å²) >= 11 is 0. The van der Waals surface area contributed by atoms with Gasteiger partial charge in [-0.15, -0.1) is 24.8 Å². The number of aryl methyl sites for hydroxylation is 2. The van der Waals surface area contributed by atoms with Crippen LogP contribution in [0.1, 0.15) is 31.3 Å². The zero-order chi connectivity index (χ0) is 14.7. The first-order valence-corrected chi connectivity index (χ1v) is 7.09. The Kier molecular flexibility index (Phi) is 8.66. The third kappa shape index (κ3) is 5.59. The molecule has 1 aliphatic rings. The molecular formula is C14H25Cl2N5O. The van der Waals surface area contributed by atoms with Gasteiger partial charge in [-0.2, -0.15) is 0 Å². The van der Waals surface area contributed by atoms with Gasteiger partial charge in [0, 0.05) is 30.9 Å². The van der Waals surface area contributed by atoms with Gasteiger partial charge in [0.15, 0.2) is 0 Å². The Morgan fingerprint density at radius 1 is 1.32 bits per heavy atom. The Hall–Kier alpha value is -1.11. The van der Waals surface area contributed by atoms with Crippen molar-refractivity contribution in [3.8, 4) is 0 Å². The highest BCUT2D eigenvalue weighted by Gasteiger charge is 2.22. The van der Waals surface area contributed by atoms with Crippen LogP contribution in [0.4, 0.5) is 5.82 Å². The molecule has 0 saturated carbocycles. The molecule has 0 aromatic carbocycles. The van der Waals surface area contributed by atoms with E-state index in [2.05, 4.69) is 20.2 Å². The minimum absolute atomic E-state index is 0. The zero-order valence-corrected chi connectivity index (χ0v) is 14.8. The lowest BCUT2D eigenvalue weighted by Gasteiger charge is -2.33. The molecule has 22 heavy (non-hydrogen) atoms. The molecule has 1 aliphatic heterocycles. The molecule has 0 unspecified atom stereocenters. The molecule has 1 aromatic heterocycles. The van der Waals surface area contributed by atoms with Crippen LogP contribution in [0.15, 0.2) is 6.07 Å². The fourth-order valence-corrected chi connectivity index (χ4v) is 2.44. The summed E-state index contributed by atoms with van der Waals surface area (Å²) in [5, 5.41) is 2.99. The summed E-state index contributed by atoms with van der Waals surface area (Å²) in [5.41, 5.74) is 6.55. The van der Waals surface area contributed by atoms with Crippen LogP contribution < -0.4 is 16.0 Å². The summed E-state index contributed by atoms with van der Waals surface area (Å²) < 4.78 is 0. The lowest BCUT2D eigenvalue weighted by atomic mass is 10.0. The van der Waals surface area contributed by atoms with Gasteiger partial charge in [-0.25, -0.2) is 9.97 Å². The number of amides is 1. The molecule has 126 valence electrons. The van der Waals surface area contributed by atoms with Gasteiger partial charge < -0.3 is 16.0 Å². The quantitative estimate of drug-likeness (QED) is 0.860. The molecule has 0 bridgehead atoms. The molecule has 0 spiro atoms. The second-order valence-corrected chi connectivity index (χ2v) is 5.47.